The summed E-state index contributed by atoms with van der Waals surface area (Å²) in [7, 11) is 2.05. The average molecular weight is 199 g/mol. The highest BCUT2D eigenvalue weighted by Gasteiger charge is 2.31. The van der Waals surface area contributed by atoms with Gasteiger partial charge in [0.2, 0.25) is 0 Å². The Morgan fingerprint density at radius 3 is 2.43 bits per heavy atom. The Morgan fingerprint density at radius 2 is 1.93 bits per heavy atom. The van der Waals surface area contributed by atoms with E-state index in [9.17, 15) is 0 Å². The third-order valence-electron chi connectivity index (χ3n) is 3.65. The first kappa shape index (κ1) is 12.0. The van der Waals surface area contributed by atoms with Crippen molar-refractivity contribution in [3.63, 3.8) is 0 Å². The van der Waals surface area contributed by atoms with Gasteiger partial charge in [-0.25, -0.2) is 0 Å². The number of rotatable bonds is 4. The van der Waals surface area contributed by atoms with E-state index >= 15 is 0 Å². The summed E-state index contributed by atoms with van der Waals surface area (Å²) in [5.74, 6) is 0.840. The van der Waals surface area contributed by atoms with E-state index < -0.39 is 0 Å². The molecule has 0 bridgehead atoms. The number of hydrogen-bond donors (Lipinski definition) is 1. The maximum atomic E-state index is 5.41. The number of hydrogen-bond acceptors (Lipinski definition) is 2. The van der Waals surface area contributed by atoms with Gasteiger partial charge in [0.15, 0.2) is 0 Å². The molecule has 1 rings (SSSR count). The van der Waals surface area contributed by atoms with Crippen molar-refractivity contribution < 1.29 is 4.74 Å². The van der Waals surface area contributed by atoms with Crippen LogP contribution in [0, 0.1) is 11.3 Å². The van der Waals surface area contributed by atoms with Crippen molar-refractivity contribution in [1.82, 2.24) is 5.32 Å². The molecular formula is C12H25NO. The van der Waals surface area contributed by atoms with E-state index in [-0.39, 0.29) is 0 Å². The van der Waals surface area contributed by atoms with Crippen LogP contribution in [0.2, 0.25) is 0 Å². The molecule has 0 aliphatic carbocycles. The van der Waals surface area contributed by atoms with Gasteiger partial charge in [0.05, 0.1) is 0 Å². The molecule has 84 valence electrons. The molecule has 1 aliphatic rings. The molecule has 1 heterocycles. The first-order chi connectivity index (χ1) is 6.56. The van der Waals surface area contributed by atoms with Gasteiger partial charge in [0.1, 0.15) is 0 Å². The van der Waals surface area contributed by atoms with E-state index in [1.807, 2.05) is 7.05 Å². The monoisotopic (exact) mass is 199 g/mol. The van der Waals surface area contributed by atoms with Crippen LogP contribution in [0.1, 0.15) is 40.0 Å². The van der Waals surface area contributed by atoms with Gasteiger partial charge < -0.3 is 10.1 Å². The summed E-state index contributed by atoms with van der Waals surface area (Å²) in [6.07, 6.45) is 3.74. The molecule has 1 unspecified atom stereocenters. The maximum absolute atomic E-state index is 5.41. The van der Waals surface area contributed by atoms with Crippen LogP contribution in [0.25, 0.3) is 0 Å². The molecule has 0 amide bonds. The van der Waals surface area contributed by atoms with Crippen molar-refractivity contribution in [2.75, 3.05) is 20.3 Å². The molecule has 14 heavy (non-hydrogen) atoms. The van der Waals surface area contributed by atoms with Gasteiger partial charge in [-0.3, -0.25) is 0 Å². The summed E-state index contributed by atoms with van der Waals surface area (Å²) in [6.45, 7) is 8.98. The van der Waals surface area contributed by atoms with Crippen molar-refractivity contribution in [2.24, 2.45) is 11.3 Å². The predicted molar refractivity (Wildman–Crippen MR) is 60.5 cm³/mol. The van der Waals surface area contributed by atoms with Crippen LogP contribution in [0.3, 0.4) is 0 Å². The molecule has 1 N–H and O–H groups in total. The smallest absolute Gasteiger partial charge is 0.0468 e. The fourth-order valence-electron chi connectivity index (χ4n) is 2.54. The lowest BCUT2D eigenvalue weighted by molar-refractivity contribution is 0.0170. The summed E-state index contributed by atoms with van der Waals surface area (Å²) < 4.78 is 5.41. The topological polar surface area (TPSA) is 21.3 Å². The molecule has 1 fully saturated rings. The zero-order chi connectivity index (χ0) is 10.6. The zero-order valence-electron chi connectivity index (χ0n) is 10.1. The van der Waals surface area contributed by atoms with Gasteiger partial charge >= 0.3 is 0 Å². The van der Waals surface area contributed by atoms with Crippen LogP contribution in [-0.2, 0) is 4.74 Å². The van der Waals surface area contributed by atoms with Crippen molar-refractivity contribution in [3.05, 3.63) is 0 Å². The van der Waals surface area contributed by atoms with Crippen LogP contribution in [0.4, 0.5) is 0 Å². The van der Waals surface area contributed by atoms with Gasteiger partial charge in [-0.15, -0.1) is 0 Å². The quantitative estimate of drug-likeness (QED) is 0.751. The van der Waals surface area contributed by atoms with E-state index in [0.717, 1.165) is 19.1 Å². The number of ether oxygens (including phenoxy) is 1. The first-order valence-corrected chi connectivity index (χ1v) is 5.81. The zero-order valence-corrected chi connectivity index (χ0v) is 10.1. The second kappa shape index (κ2) is 5.13. The predicted octanol–water partition coefficient (Wildman–Crippen LogP) is 2.44. The summed E-state index contributed by atoms with van der Waals surface area (Å²) in [5, 5.41) is 3.33. The Balaban J connectivity index is 2.45. The highest BCUT2D eigenvalue weighted by atomic mass is 16.5. The molecule has 0 radical (unpaired) electrons. The SMILES string of the molecule is CNC(C)CC(C)(C)C1CCOCC1. The van der Waals surface area contributed by atoms with Crippen LogP contribution in [0.5, 0.6) is 0 Å². The molecule has 2 nitrogen and oxygen atoms in total. The normalized spacial score (nSPS) is 22.3. The molecule has 0 aromatic rings. The molecule has 1 atom stereocenters. The van der Waals surface area contributed by atoms with Gasteiger partial charge in [0, 0.05) is 19.3 Å². The van der Waals surface area contributed by atoms with Crippen molar-refractivity contribution in [1.29, 1.82) is 0 Å². The minimum atomic E-state index is 0.451. The Bertz CT molecular complexity index is 162. The maximum Gasteiger partial charge on any atom is 0.0468 e. The summed E-state index contributed by atoms with van der Waals surface area (Å²) >= 11 is 0. The van der Waals surface area contributed by atoms with E-state index in [4.69, 9.17) is 4.74 Å². The third-order valence-corrected chi connectivity index (χ3v) is 3.65. The highest BCUT2D eigenvalue weighted by molar-refractivity contribution is 4.83. The molecule has 2 heteroatoms. The minimum Gasteiger partial charge on any atom is -0.381 e. The van der Waals surface area contributed by atoms with Crippen molar-refractivity contribution in [2.45, 2.75) is 46.1 Å². The second-order valence-electron chi connectivity index (χ2n) is 5.27. The Morgan fingerprint density at radius 1 is 1.36 bits per heavy atom. The van der Waals surface area contributed by atoms with Crippen molar-refractivity contribution in [3.8, 4) is 0 Å². The van der Waals surface area contributed by atoms with Gasteiger partial charge in [-0.05, 0) is 44.6 Å². The van der Waals surface area contributed by atoms with E-state index in [1.54, 1.807) is 0 Å². The van der Waals surface area contributed by atoms with Crippen LogP contribution in [0.15, 0.2) is 0 Å². The number of nitrogens with one attached hydrogen (secondary N) is 1. The Hall–Kier alpha value is -0.0800. The molecule has 0 spiro atoms. The second-order valence-corrected chi connectivity index (χ2v) is 5.27. The van der Waals surface area contributed by atoms with Gasteiger partial charge in [-0.2, -0.15) is 0 Å². The average Bonchev–Trinajstić information content (AvgIpc) is 2.18. The summed E-state index contributed by atoms with van der Waals surface area (Å²) in [6, 6.07) is 0.618. The van der Waals surface area contributed by atoms with Crippen LogP contribution >= 0.6 is 0 Å². The van der Waals surface area contributed by atoms with E-state index in [0.29, 0.717) is 11.5 Å². The van der Waals surface area contributed by atoms with Gasteiger partial charge in [0.25, 0.3) is 0 Å². The van der Waals surface area contributed by atoms with E-state index in [1.165, 1.54) is 19.3 Å². The fraction of sp³-hybridized carbons (Fsp3) is 1.00. The highest BCUT2D eigenvalue weighted by Crippen LogP contribution is 2.37. The molecule has 0 saturated carbocycles. The molecule has 1 saturated heterocycles. The lowest BCUT2D eigenvalue weighted by Crippen LogP contribution is -2.35. The lowest BCUT2D eigenvalue weighted by Gasteiger charge is -2.38. The molecule has 0 aromatic carbocycles. The third kappa shape index (κ3) is 3.25. The fourth-order valence-corrected chi connectivity index (χ4v) is 2.54. The molecular weight excluding hydrogens is 174 g/mol. The standard InChI is InChI=1S/C12H25NO/c1-10(13-4)9-12(2,3)11-5-7-14-8-6-11/h10-11,13H,5-9H2,1-4H3. The largest absolute Gasteiger partial charge is 0.381 e. The Labute approximate surface area is 88.4 Å². The minimum absolute atomic E-state index is 0.451. The summed E-state index contributed by atoms with van der Waals surface area (Å²) in [5.41, 5.74) is 0.451. The first-order valence-electron chi connectivity index (χ1n) is 5.81. The molecule has 0 aromatic heterocycles. The van der Waals surface area contributed by atoms with Crippen LogP contribution < -0.4 is 5.32 Å². The van der Waals surface area contributed by atoms with Crippen molar-refractivity contribution >= 4 is 0 Å². The molecule has 1 aliphatic heterocycles. The van der Waals surface area contributed by atoms with Crippen LogP contribution in [-0.4, -0.2) is 26.3 Å². The lowest BCUT2D eigenvalue weighted by atomic mass is 9.71. The van der Waals surface area contributed by atoms with Gasteiger partial charge in [-0.1, -0.05) is 13.8 Å². The van der Waals surface area contributed by atoms with E-state index in [2.05, 4.69) is 26.1 Å². The Kier molecular flexibility index (Phi) is 4.39. The summed E-state index contributed by atoms with van der Waals surface area (Å²) in [4.78, 5) is 0.